The van der Waals surface area contributed by atoms with Gasteiger partial charge in [0.05, 0.1) is 24.8 Å². The van der Waals surface area contributed by atoms with E-state index in [1.807, 2.05) is 6.92 Å². The summed E-state index contributed by atoms with van der Waals surface area (Å²) in [7, 11) is 1.10. The molecule has 0 atom stereocenters. The van der Waals surface area contributed by atoms with Crippen LogP contribution in [0.1, 0.15) is 34.6 Å². The summed E-state index contributed by atoms with van der Waals surface area (Å²) in [5, 5.41) is 6.41. The zero-order valence-corrected chi connectivity index (χ0v) is 12.4. The molecule has 0 spiro atoms. The Morgan fingerprint density at radius 3 is 2.65 bits per heavy atom. The maximum Gasteiger partial charge on any atom is 0.416 e. The molecule has 0 bridgehead atoms. The molecule has 124 valence electrons. The monoisotopic (exact) mass is 329 g/mol. The van der Waals surface area contributed by atoms with Gasteiger partial charge in [-0.1, -0.05) is 12.1 Å². The van der Waals surface area contributed by atoms with Crippen LogP contribution >= 0.6 is 0 Å². The van der Waals surface area contributed by atoms with Crippen LogP contribution in [-0.2, 0) is 23.9 Å². The number of halogens is 3. The Labute approximate surface area is 129 Å². The minimum absolute atomic E-state index is 0.0366. The Bertz CT molecular complexity index is 698. The van der Waals surface area contributed by atoms with E-state index in [0.29, 0.717) is 12.2 Å². The Kier molecular flexibility index (Phi) is 4.87. The molecule has 0 saturated heterocycles. The van der Waals surface area contributed by atoms with Gasteiger partial charge in [-0.2, -0.15) is 18.2 Å². The van der Waals surface area contributed by atoms with Gasteiger partial charge >= 0.3 is 12.1 Å². The molecule has 1 aromatic carbocycles. The third-order valence-corrected chi connectivity index (χ3v) is 2.95. The van der Waals surface area contributed by atoms with Crippen LogP contribution in [0, 0.1) is 0 Å². The quantitative estimate of drug-likeness (QED) is 0.850. The van der Waals surface area contributed by atoms with E-state index in [4.69, 9.17) is 4.52 Å². The van der Waals surface area contributed by atoms with Crippen LogP contribution in [0.5, 0.6) is 0 Å². The van der Waals surface area contributed by atoms with Gasteiger partial charge in [0.25, 0.3) is 0 Å². The number of anilines is 1. The van der Waals surface area contributed by atoms with Gasteiger partial charge in [-0.25, -0.2) is 4.79 Å². The number of alkyl halides is 3. The van der Waals surface area contributed by atoms with Crippen molar-refractivity contribution in [3.05, 3.63) is 41.0 Å². The van der Waals surface area contributed by atoms with Crippen LogP contribution in [0.3, 0.4) is 0 Å². The number of aromatic nitrogens is 2. The molecule has 23 heavy (non-hydrogen) atoms. The summed E-state index contributed by atoms with van der Waals surface area (Å²) in [6.07, 6.45) is -4.00. The fourth-order valence-electron chi connectivity index (χ4n) is 1.81. The third kappa shape index (κ3) is 4.21. The molecule has 6 nitrogen and oxygen atoms in total. The normalized spacial score (nSPS) is 11.3. The minimum atomic E-state index is -4.58. The fraction of sp³-hybridized carbons (Fsp3) is 0.357. The standard InChI is InChI=1S/C14H14F3N3O3/c1-3-11-19-12(23-20-11)7-18-10-5-8(13(21)22-2)4-9(6-10)14(15,16)17/h4-6,18H,3,7H2,1-2H3. The summed E-state index contributed by atoms with van der Waals surface area (Å²) in [6, 6.07) is 2.89. The van der Waals surface area contributed by atoms with Crippen LogP contribution in [0.25, 0.3) is 0 Å². The second-order valence-corrected chi connectivity index (χ2v) is 4.60. The Balaban J connectivity index is 2.24. The van der Waals surface area contributed by atoms with Gasteiger partial charge in [-0.05, 0) is 18.2 Å². The maximum atomic E-state index is 12.9. The Morgan fingerprint density at radius 1 is 1.35 bits per heavy atom. The van der Waals surface area contributed by atoms with Crippen molar-refractivity contribution in [3.8, 4) is 0 Å². The predicted octanol–water partition coefficient (Wildman–Crippen LogP) is 3.05. The number of benzene rings is 1. The van der Waals surface area contributed by atoms with E-state index in [1.54, 1.807) is 0 Å². The molecule has 0 aliphatic rings. The molecule has 1 heterocycles. The number of nitrogens with zero attached hydrogens (tertiary/aromatic N) is 2. The SMILES string of the molecule is CCc1noc(CNc2cc(C(=O)OC)cc(C(F)(F)F)c2)n1. The van der Waals surface area contributed by atoms with Gasteiger partial charge in [0.2, 0.25) is 5.89 Å². The number of carbonyl (C=O) groups excluding carboxylic acids is 1. The van der Waals surface area contributed by atoms with Crippen LogP contribution in [0.2, 0.25) is 0 Å². The lowest BCUT2D eigenvalue weighted by molar-refractivity contribution is -0.137. The van der Waals surface area contributed by atoms with Gasteiger partial charge in [-0.3, -0.25) is 0 Å². The first kappa shape index (κ1) is 16.8. The molecular formula is C14H14F3N3O3. The average molecular weight is 329 g/mol. The smallest absolute Gasteiger partial charge is 0.416 e. The third-order valence-electron chi connectivity index (χ3n) is 2.95. The number of hydrogen-bond donors (Lipinski definition) is 1. The molecule has 0 aliphatic heterocycles. The van der Waals surface area contributed by atoms with E-state index in [9.17, 15) is 18.0 Å². The summed E-state index contributed by atoms with van der Waals surface area (Å²) < 4.78 is 48.1. The van der Waals surface area contributed by atoms with E-state index in [2.05, 4.69) is 20.2 Å². The number of esters is 1. The lowest BCUT2D eigenvalue weighted by atomic mass is 10.1. The molecule has 0 fully saturated rings. The summed E-state index contributed by atoms with van der Waals surface area (Å²) >= 11 is 0. The Hall–Kier alpha value is -2.58. The zero-order chi connectivity index (χ0) is 17.0. The van der Waals surface area contributed by atoms with Gasteiger partial charge in [0, 0.05) is 12.1 Å². The first-order valence-electron chi connectivity index (χ1n) is 6.69. The molecule has 0 unspecified atom stereocenters. The highest BCUT2D eigenvalue weighted by atomic mass is 19.4. The molecule has 0 aliphatic carbocycles. The fourth-order valence-corrected chi connectivity index (χ4v) is 1.81. The lowest BCUT2D eigenvalue weighted by Crippen LogP contribution is -2.11. The van der Waals surface area contributed by atoms with Crippen molar-refractivity contribution in [2.75, 3.05) is 12.4 Å². The van der Waals surface area contributed by atoms with Gasteiger partial charge in [0.15, 0.2) is 5.82 Å². The van der Waals surface area contributed by atoms with Crippen molar-refractivity contribution in [2.24, 2.45) is 0 Å². The van der Waals surface area contributed by atoms with Crippen molar-refractivity contribution in [1.29, 1.82) is 0 Å². The average Bonchev–Trinajstić information content (AvgIpc) is 2.99. The highest BCUT2D eigenvalue weighted by Gasteiger charge is 2.32. The van der Waals surface area contributed by atoms with Crippen molar-refractivity contribution >= 4 is 11.7 Å². The summed E-state index contributed by atoms with van der Waals surface area (Å²) in [5.41, 5.74) is -1.07. The van der Waals surface area contributed by atoms with Gasteiger partial charge in [-0.15, -0.1) is 0 Å². The second-order valence-electron chi connectivity index (χ2n) is 4.60. The lowest BCUT2D eigenvalue weighted by Gasteiger charge is -2.12. The highest BCUT2D eigenvalue weighted by Crippen LogP contribution is 2.32. The molecule has 1 N–H and O–H groups in total. The van der Waals surface area contributed by atoms with E-state index in [0.717, 1.165) is 19.2 Å². The second kappa shape index (κ2) is 6.67. The van der Waals surface area contributed by atoms with E-state index in [1.165, 1.54) is 6.07 Å². The number of methoxy groups -OCH3 is 1. The van der Waals surface area contributed by atoms with E-state index >= 15 is 0 Å². The van der Waals surface area contributed by atoms with Gasteiger partial charge < -0.3 is 14.6 Å². The largest absolute Gasteiger partial charge is 0.465 e. The highest BCUT2D eigenvalue weighted by molar-refractivity contribution is 5.90. The summed E-state index contributed by atoms with van der Waals surface area (Å²) in [5.74, 6) is -0.120. The van der Waals surface area contributed by atoms with Crippen LogP contribution in [0.15, 0.2) is 22.7 Å². The topological polar surface area (TPSA) is 77.2 Å². The van der Waals surface area contributed by atoms with Crippen LogP contribution in [-0.4, -0.2) is 23.2 Å². The number of ether oxygens (including phenoxy) is 1. The van der Waals surface area contributed by atoms with Gasteiger partial charge in [0.1, 0.15) is 0 Å². The first-order valence-corrected chi connectivity index (χ1v) is 6.69. The molecule has 0 amide bonds. The van der Waals surface area contributed by atoms with Crippen molar-refractivity contribution in [1.82, 2.24) is 10.1 Å². The van der Waals surface area contributed by atoms with Crippen LogP contribution < -0.4 is 5.32 Å². The zero-order valence-electron chi connectivity index (χ0n) is 12.4. The minimum Gasteiger partial charge on any atom is -0.465 e. The molecule has 0 saturated carbocycles. The summed E-state index contributed by atoms with van der Waals surface area (Å²) in [6.45, 7) is 1.88. The molecule has 2 aromatic rings. The molecule has 9 heteroatoms. The molecular weight excluding hydrogens is 315 g/mol. The summed E-state index contributed by atoms with van der Waals surface area (Å²) in [4.78, 5) is 15.5. The molecule has 1 aromatic heterocycles. The Morgan fingerprint density at radius 2 is 2.09 bits per heavy atom. The van der Waals surface area contributed by atoms with Crippen molar-refractivity contribution in [3.63, 3.8) is 0 Å². The number of aryl methyl sites for hydroxylation is 1. The van der Waals surface area contributed by atoms with Crippen molar-refractivity contribution < 1.29 is 27.2 Å². The van der Waals surface area contributed by atoms with Crippen molar-refractivity contribution in [2.45, 2.75) is 26.1 Å². The number of hydrogen-bond acceptors (Lipinski definition) is 6. The molecule has 2 rings (SSSR count). The molecule has 0 radical (unpaired) electrons. The predicted molar refractivity (Wildman–Crippen MR) is 73.8 cm³/mol. The number of nitrogens with one attached hydrogen (secondary N) is 1. The maximum absolute atomic E-state index is 12.9. The van der Waals surface area contributed by atoms with E-state index in [-0.39, 0.29) is 23.7 Å². The van der Waals surface area contributed by atoms with Crippen LogP contribution in [0.4, 0.5) is 18.9 Å². The first-order chi connectivity index (χ1) is 10.8. The number of carbonyl (C=O) groups is 1. The van der Waals surface area contributed by atoms with E-state index < -0.39 is 17.7 Å². The number of rotatable bonds is 5.